The highest BCUT2D eigenvalue weighted by Crippen LogP contribution is 2.29. The first-order chi connectivity index (χ1) is 9.78. The second-order valence-corrected chi connectivity index (χ2v) is 4.92. The summed E-state index contributed by atoms with van der Waals surface area (Å²) in [5.74, 6) is 0.927. The summed E-state index contributed by atoms with van der Waals surface area (Å²) >= 11 is 1.59. The minimum absolute atomic E-state index is 0.392. The quantitative estimate of drug-likeness (QED) is 0.767. The Bertz CT molecular complexity index is 742. The highest BCUT2D eigenvalue weighted by atomic mass is 32.1. The summed E-state index contributed by atoms with van der Waals surface area (Å²) in [6.07, 6.45) is 1.43. The van der Waals surface area contributed by atoms with Crippen molar-refractivity contribution in [1.82, 2.24) is 15.0 Å². The summed E-state index contributed by atoms with van der Waals surface area (Å²) in [6, 6.07) is 5.90. The largest absolute Gasteiger partial charge is 0.476 e. The van der Waals surface area contributed by atoms with Crippen LogP contribution in [0.25, 0.3) is 10.2 Å². The molecule has 6 nitrogen and oxygen atoms in total. The maximum Gasteiger partial charge on any atom is 0.242 e. The van der Waals surface area contributed by atoms with Gasteiger partial charge in [0.1, 0.15) is 12.0 Å². The van der Waals surface area contributed by atoms with E-state index in [1.807, 2.05) is 30.6 Å². The Kier molecular flexibility index (Phi) is 3.34. The van der Waals surface area contributed by atoms with Crippen molar-refractivity contribution in [1.29, 1.82) is 0 Å². The van der Waals surface area contributed by atoms with E-state index < -0.39 is 0 Å². The summed E-state index contributed by atoms with van der Waals surface area (Å²) in [5, 5.41) is 3.18. The van der Waals surface area contributed by atoms with Crippen LogP contribution in [0.4, 0.5) is 17.2 Å². The van der Waals surface area contributed by atoms with Gasteiger partial charge in [-0.2, -0.15) is 4.98 Å². The summed E-state index contributed by atoms with van der Waals surface area (Å²) in [6.45, 7) is 2.39. The summed E-state index contributed by atoms with van der Waals surface area (Å²) in [7, 11) is 0. The Morgan fingerprint density at radius 3 is 3.05 bits per heavy atom. The number of anilines is 3. The normalized spacial score (nSPS) is 10.7. The Morgan fingerprint density at radius 2 is 2.20 bits per heavy atom. The molecular formula is C13H13N5OS. The van der Waals surface area contributed by atoms with Gasteiger partial charge in [0.05, 0.1) is 22.3 Å². The number of benzene rings is 1. The first-order valence-electron chi connectivity index (χ1n) is 6.11. The second-order valence-electron chi connectivity index (χ2n) is 4.03. The van der Waals surface area contributed by atoms with Gasteiger partial charge >= 0.3 is 0 Å². The Balaban J connectivity index is 1.91. The van der Waals surface area contributed by atoms with Crippen molar-refractivity contribution in [2.75, 3.05) is 17.7 Å². The highest BCUT2D eigenvalue weighted by molar-refractivity contribution is 7.16. The van der Waals surface area contributed by atoms with Crippen molar-refractivity contribution < 1.29 is 4.74 Å². The van der Waals surface area contributed by atoms with E-state index in [-0.39, 0.29) is 0 Å². The lowest BCUT2D eigenvalue weighted by Gasteiger charge is -2.10. The number of rotatable bonds is 4. The van der Waals surface area contributed by atoms with Crippen LogP contribution in [-0.4, -0.2) is 21.6 Å². The van der Waals surface area contributed by atoms with Gasteiger partial charge in [-0.25, -0.2) is 9.97 Å². The Morgan fingerprint density at radius 1 is 1.30 bits per heavy atom. The molecule has 3 rings (SSSR count). The molecule has 0 aliphatic heterocycles. The fraction of sp³-hybridized carbons (Fsp3) is 0.154. The topological polar surface area (TPSA) is 86.0 Å². The Hall–Kier alpha value is -2.41. The van der Waals surface area contributed by atoms with Gasteiger partial charge in [-0.15, -0.1) is 11.3 Å². The molecular weight excluding hydrogens is 274 g/mol. The lowest BCUT2D eigenvalue weighted by Crippen LogP contribution is -2.04. The van der Waals surface area contributed by atoms with Crippen LogP contribution in [0.5, 0.6) is 5.88 Å². The smallest absolute Gasteiger partial charge is 0.242 e. The fourth-order valence-corrected chi connectivity index (χ4v) is 2.52. The number of aromatic nitrogens is 3. The van der Waals surface area contributed by atoms with Crippen molar-refractivity contribution in [3.8, 4) is 5.88 Å². The number of nitrogens with one attached hydrogen (secondary N) is 1. The minimum Gasteiger partial charge on any atom is -0.476 e. The van der Waals surface area contributed by atoms with Crippen LogP contribution in [0, 0.1) is 0 Å². The summed E-state index contributed by atoms with van der Waals surface area (Å²) in [4.78, 5) is 12.4. The first kappa shape index (κ1) is 12.6. The predicted octanol–water partition coefficient (Wildman–Crippen LogP) is 2.81. The fourth-order valence-electron chi connectivity index (χ4n) is 1.80. The van der Waals surface area contributed by atoms with E-state index in [0.29, 0.717) is 24.0 Å². The number of fused-ring (bicyclic) bond motifs is 1. The van der Waals surface area contributed by atoms with E-state index in [2.05, 4.69) is 20.3 Å². The third-order valence-electron chi connectivity index (χ3n) is 2.72. The molecule has 0 unspecified atom stereocenters. The molecule has 0 atom stereocenters. The number of ether oxygens (including phenoxy) is 1. The number of thiazole rings is 1. The molecule has 0 saturated carbocycles. The summed E-state index contributed by atoms with van der Waals surface area (Å²) in [5.41, 5.74) is 10.1. The maximum absolute atomic E-state index is 5.99. The van der Waals surface area contributed by atoms with E-state index in [1.165, 1.54) is 6.33 Å². The van der Waals surface area contributed by atoms with E-state index in [0.717, 1.165) is 15.9 Å². The zero-order valence-corrected chi connectivity index (χ0v) is 11.6. The van der Waals surface area contributed by atoms with Gasteiger partial charge in [0.15, 0.2) is 5.82 Å². The molecule has 0 amide bonds. The van der Waals surface area contributed by atoms with E-state index in [1.54, 1.807) is 11.3 Å². The number of nitrogens with two attached hydrogens (primary N) is 1. The predicted molar refractivity (Wildman–Crippen MR) is 80.5 cm³/mol. The van der Waals surface area contributed by atoms with Crippen molar-refractivity contribution in [2.24, 2.45) is 0 Å². The zero-order valence-electron chi connectivity index (χ0n) is 10.8. The minimum atomic E-state index is 0.392. The molecule has 20 heavy (non-hydrogen) atoms. The number of nitrogens with zero attached hydrogens (tertiary/aromatic N) is 3. The molecule has 102 valence electrons. The summed E-state index contributed by atoms with van der Waals surface area (Å²) < 4.78 is 6.45. The van der Waals surface area contributed by atoms with E-state index in [4.69, 9.17) is 10.5 Å². The lowest BCUT2D eigenvalue weighted by atomic mass is 10.3. The third kappa shape index (κ3) is 2.35. The number of hydrogen-bond donors (Lipinski definition) is 2. The SMILES string of the molecule is CCOc1ncnc(Nc2ccc3ncsc3c2)c1N. The van der Waals surface area contributed by atoms with Crippen molar-refractivity contribution in [3.05, 3.63) is 30.0 Å². The Labute approximate surface area is 119 Å². The van der Waals surface area contributed by atoms with Crippen LogP contribution in [0.3, 0.4) is 0 Å². The molecule has 0 saturated heterocycles. The molecule has 0 radical (unpaired) electrons. The van der Waals surface area contributed by atoms with Gasteiger partial charge in [0.2, 0.25) is 5.88 Å². The number of nitrogen functional groups attached to an aromatic ring is 1. The maximum atomic E-state index is 5.99. The molecule has 2 aromatic heterocycles. The molecule has 2 heterocycles. The third-order valence-corrected chi connectivity index (χ3v) is 3.51. The first-order valence-corrected chi connectivity index (χ1v) is 6.99. The van der Waals surface area contributed by atoms with Crippen LogP contribution >= 0.6 is 11.3 Å². The molecule has 3 aromatic rings. The van der Waals surface area contributed by atoms with Gasteiger partial charge in [0, 0.05) is 5.69 Å². The van der Waals surface area contributed by atoms with Gasteiger partial charge in [-0.05, 0) is 25.1 Å². The zero-order chi connectivity index (χ0) is 13.9. The standard InChI is InChI=1S/C13H13N5OS/c1-2-19-13-11(14)12(15-6-16-13)18-8-3-4-9-10(5-8)20-7-17-9/h3-7H,2,14H2,1H3,(H,15,16,18). The lowest BCUT2D eigenvalue weighted by molar-refractivity contribution is 0.328. The molecule has 1 aromatic carbocycles. The molecule has 7 heteroatoms. The number of hydrogen-bond acceptors (Lipinski definition) is 7. The highest BCUT2D eigenvalue weighted by Gasteiger charge is 2.09. The van der Waals surface area contributed by atoms with Gasteiger partial charge in [-0.1, -0.05) is 0 Å². The molecule has 3 N–H and O–H groups in total. The van der Waals surface area contributed by atoms with Crippen LogP contribution in [0.2, 0.25) is 0 Å². The van der Waals surface area contributed by atoms with E-state index >= 15 is 0 Å². The second kappa shape index (κ2) is 5.30. The van der Waals surface area contributed by atoms with Crippen LogP contribution in [0.15, 0.2) is 30.0 Å². The molecule has 0 aliphatic carbocycles. The van der Waals surface area contributed by atoms with Crippen molar-refractivity contribution in [2.45, 2.75) is 6.92 Å². The van der Waals surface area contributed by atoms with E-state index in [9.17, 15) is 0 Å². The molecule has 0 fully saturated rings. The van der Waals surface area contributed by atoms with Crippen LogP contribution in [-0.2, 0) is 0 Å². The van der Waals surface area contributed by atoms with Crippen molar-refractivity contribution >= 4 is 38.7 Å². The van der Waals surface area contributed by atoms with Gasteiger partial charge < -0.3 is 15.8 Å². The average Bonchev–Trinajstić information content (AvgIpc) is 2.91. The molecule has 0 spiro atoms. The van der Waals surface area contributed by atoms with Crippen molar-refractivity contribution in [3.63, 3.8) is 0 Å². The van der Waals surface area contributed by atoms with Gasteiger partial charge in [-0.3, -0.25) is 0 Å². The van der Waals surface area contributed by atoms with Gasteiger partial charge in [0.25, 0.3) is 0 Å². The average molecular weight is 287 g/mol. The molecule has 0 aliphatic rings. The van der Waals surface area contributed by atoms with Crippen LogP contribution < -0.4 is 15.8 Å². The monoisotopic (exact) mass is 287 g/mol. The van der Waals surface area contributed by atoms with Crippen LogP contribution in [0.1, 0.15) is 6.92 Å². The molecule has 0 bridgehead atoms.